The van der Waals surface area contributed by atoms with E-state index in [4.69, 9.17) is 0 Å². The van der Waals surface area contributed by atoms with Gasteiger partial charge in [-0.05, 0) is 50.1 Å². The van der Waals surface area contributed by atoms with Crippen LogP contribution in [0.4, 0.5) is 11.4 Å². The van der Waals surface area contributed by atoms with Crippen LogP contribution >= 0.6 is 0 Å². The van der Waals surface area contributed by atoms with Crippen molar-refractivity contribution in [3.8, 4) is 0 Å². The number of para-hydroxylation sites is 1. The zero-order chi connectivity index (χ0) is 20.1. The Kier molecular flexibility index (Phi) is 6.09. The fourth-order valence-corrected chi connectivity index (χ4v) is 3.12. The molecule has 0 spiro atoms. The molecule has 1 heterocycles. The summed E-state index contributed by atoms with van der Waals surface area (Å²) >= 11 is 0. The van der Waals surface area contributed by atoms with Gasteiger partial charge in [-0.1, -0.05) is 25.1 Å². The van der Waals surface area contributed by atoms with Crippen LogP contribution in [0.3, 0.4) is 0 Å². The zero-order valence-corrected chi connectivity index (χ0v) is 16.2. The van der Waals surface area contributed by atoms with E-state index in [1.54, 1.807) is 47.4 Å². The first-order valence-corrected chi connectivity index (χ1v) is 9.61. The number of hydrogen-bond acceptors (Lipinski definition) is 3. The van der Waals surface area contributed by atoms with Crippen LogP contribution in [0.25, 0.3) is 0 Å². The second-order valence-electron chi connectivity index (χ2n) is 6.98. The summed E-state index contributed by atoms with van der Waals surface area (Å²) < 4.78 is 0. The van der Waals surface area contributed by atoms with E-state index in [1.807, 2.05) is 19.9 Å². The van der Waals surface area contributed by atoms with Crippen LogP contribution in [-0.2, 0) is 4.79 Å². The van der Waals surface area contributed by atoms with Gasteiger partial charge in [-0.3, -0.25) is 14.4 Å². The van der Waals surface area contributed by atoms with E-state index >= 15 is 0 Å². The molecule has 1 unspecified atom stereocenters. The summed E-state index contributed by atoms with van der Waals surface area (Å²) in [5.74, 6) is -0.469. The van der Waals surface area contributed by atoms with E-state index in [2.05, 4.69) is 10.6 Å². The van der Waals surface area contributed by atoms with Crippen LogP contribution in [-0.4, -0.2) is 30.3 Å². The molecule has 2 aromatic rings. The fraction of sp³-hybridized carbons (Fsp3) is 0.318. The van der Waals surface area contributed by atoms with Crippen molar-refractivity contribution in [3.05, 3.63) is 59.7 Å². The summed E-state index contributed by atoms with van der Waals surface area (Å²) in [6.07, 6.45) is 2.19. The van der Waals surface area contributed by atoms with E-state index in [9.17, 15) is 14.4 Å². The van der Waals surface area contributed by atoms with Crippen LogP contribution in [0.5, 0.6) is 0 Å². The average molecular weight is 379 g/mol. The van der Waals surface area contributed by atoms with Gasteiger partial charge >= 0.3 is 0 Å². The van der Waals surface area contributed by atoms with Gasteiger partial charge in [0.25, 0.3) is 11.8 Å². The maximum absolute atomic E-state index is 12.8. The molecule has 0 saturated carbocycles. The number of nitrogens with zero attached hydrogens (tertiary/aromatic N) is 1. The summed E-state index contributed by atoms with van der Waals surface area (Å²) in [5, 5.41) is 5.74. The van der Waals surface area contributed by atoms with Crippen LogP contribution in [0.15, 0.2) is 48.5 Å². The van der Waals surface area contributed by atoms with E-state index in [1.165, 1.54) is 0 Å². The predicted octanol–water partition coefficient (Wildman–Crippen LogP) is 3.59. The molecule has 1 aliphatic rings. The molecule has 6 nitrogen and oxygen atoms in total. The quantitative estimate of drug-likeness (QED) is 0.805. The molecule has 2 N–H and O–H groups in total. The van der Waals surface area contributed by atoms with Crippen molar-refractivity contribution in [3.63, 3.8) is 0 Å². The lowest BCUT2D eigenvalue weighted by atomic mass is 10.1. The highest BCUT2D eigenvalue weighted by atomic mass is 16.2. The average Bonchev–Trinajstić information content (AvgIpc) is 3.14. The van der Waals surface area contributed by atoms with E-state index in [0.29, 0.717) is 29.8 Å². The molecule has 3 amide bonds. The number of carbonyl (C=O) groups excluding carboxylic acids is 3. The van der Waals surface area contributed by atoms with Crippen LogP contribution < -0.4 is 15.5 Å². The Morgan fingerprint density at radius 3 is 2.61 bits per heavy atom. The molecule has 28 heavy (non-hydrogen) atoms. The fourth-order valence-electron chi connectivity index (χ4n) is 3.12. The number of nitrogens with one attached hydrogen (secondary N) is 2. The molecular formula is C22H25N3O3. The van der Waals surface area contributed by atoms with Gasteiger partial charge in [0, 0.05) is 30.3 Å². The highest BCUT2D eigenvalue weighted by Crippen LogP contribution is 2.23. The Hall–Kier alpha value is -3.15. The Bertz CT molecular complexity index is 894. The first-order chi connectivity index (χ1) is 13.5. The minimum absolute atomic E-state index is 0.0472. The number of amides is 3. The van der Waals surface area contributed by atoms with Crippen molar-refractivity contribution in [1.29, 1.82) is 0 Å². The van der Waals surface area contributed by atoms with Crippen molar-refractivity contribution in [2.24, 2.45) is 0 Å². The third-order valence-electron chi connectivity index (χ3n) is 4.90. The minimum Gasteiger partial charge on any atom is -0.350 e. The highest BCUT2D eigenvalue weighted by Gasteiger charge is 2.22. The molecule has 1 fully saturated rings. The number of hydrogen-bond donors (Lipinski definition) is 2. The lowest BCUT2D eigenvalue weighted by molar-refractivity contribution is -0.117. The van der Waals surface area contributed by atoms with Crippen molar-refractivity contribution >= 4 is 29.1 Å². The van der Waals surface area contributed by atoms with Crippen LogP contribution in [0, 0.1) is 0 Å². The maximum Gasteiger partial charge on any atom is 0.255 e. The van der Waals surface area contributed by atoms with Gasteiger partial charge in [0.2, 0.25) is 5.91 Å². The standard InChI is InChI=1S/C22H25N3O3/c1-3-15(2)23-22(28)18-10-4-5-11-19(18)24-21(27)16-8-6-9-17(14-16)25-13-7-12-20(25)26/h4-6,8-11,14-15H,3,7,12-13H2,1-2H3,(H,23,28)(H,24,27). The predicted molar refractivity (Wildman–Crippen MR) is 110 cm³/mol. The molecule has 0 radical (unpaired) electrons. The maximum atomic E-state index is 12.8. The second-order valence-corrected chi connectivity index (χ2v) is 6.98. The molecule has 146 valence electrons. The Morgan fingerprint density at radius 1 is 1.11 bits per heavy atom. The summed E-state index contributed by atoms with van der Waals surface area (Å²) in [6.45, 7) is 4.60. The zero-order valence-electron chi connectivity index (χ0n) is 16.2. The number of carbonyl (C=O) groups is 3. The monoisotopic (exact) mass is 379 g/mol. The summed E-state index contributed by atoms with van der Waals surface area (Å²) in [7, 11) is 0. The minimum atomic E-state index is -0.322. The highest BCUT2D eigenvalue weighted by molar-refractivity contribution is 6.09. The molecule has 1 atom stereocenters. The SMILES string of the molecule is CCC(C)NC(=O)c1ccccc1NC(=O)c1cccc(N2CCCC2=O)c1. The van der Waals surface area contributed by atoms with Crippen LogP contribution in [0.2, 0.25) is 0 Å². The molecule has 0 aromatic heterocycles. The first-order valence-electron chi connectivity index (χ1n) is 9.61. The van der Waals surface area contributed by atoms with Gasteiger partial charge < -0.3 is 15.5 Å². The van der Waals surface area contributed by atoms with E-state index < -0.39 is 0 Å². The van der Waals surface area contributed by atoms with Crippen molar-refractivity contribution in [2.45, 2.75) is 39.2 Å². The molecule has 1 aliphatic heterocycles. The lowest BCUT2D eigenvalue weighted by Crippen LogP contribution is -2.32. The third-order valence-corrected chi connectivity index (χ3v) is 4.90. The lowest BCUT2D eigenvalue weighted by Gasteiger charge is -2.17. The Balaban J connectivity index is 1.79. The third kappa shape index (κ3) is 4.39. The number of anilines is 2. The Morgan fingerprint density at radius 2 is 1.89 bits per heavy atom. The molecule has 3 rings (SSSR count). The van der Waals surface area contributed by atoms with Gasteiger partial charge in [-0.2, -0.15) is 0 Å². The second kappa shape index (κ2) is 8.69. The smallest absolute Gasteiger partial charge is 0.255 e. The largest absolute Gasteiger partial charge is 0.350 e. The molecular weight excluding hydrogens is 354 g/mol. The summed E-state index contributed by atoms with van der Waals surface area (Å²) in [6, 6.07) is 14.0. The summed E-state index contributed by atoms with van der Waals surface area (Å²) in [4.78, 5) is 38.9. The van der Waals surface area contributed by atoms with Crippen LogP contribution in [0.1, 0.15) is 53.8 Å². The van der Waals surface area contributed by atoms with Gasteiger partial charge in [0.15, 0.2) is 0 Å². The number of benzene rings is 2. The molecule has 1 saturated heterocycles. The van der Waals surface area contributed by atoms with Crippen molar-refractivity contribution in [2.75, 3.05) is 16.8 Å². The van der Waals surface area contributed by atoms with Gasteiger partial charge in [-0.15, -0.1) is 0 Å². The van der Waals surface area contributed by atoms with E-state index in [0.717, 1.165) is 18.5 Å². The van der Waals surface area contributed by atoms with Gasteiger partial charge in [-0.25, -0.2) is 0 Å². The normalized spacial score (nSPS) is 14.6. The molecule has 0 bridgehead atoms. The first kappa shape index (κ1) is 19.6. The van der Waals surface area contributed by atoms with Gasteiger partial charge in [0.05, 0.1) is 11.3 Å². The molecule has 0 aliphatic carbocycles. The molecule has 6 heteroatoms. The number of rotatable bonds is 6. The van der Waals surface area contributed by atoms with E-state index in [-0.39, 0.29) is 23.8 Å². The van der Waals surface area contributed by atoms with Gasteiger partial charge in [0.1, 0.15) is 0 Å². The van der Waals surface area contributed by atoms with Crippen molar-refractivity contribution < 1.29 is 14.4 Å². The Labute approximate surface area is 164 Å². The summed E-state index contributed by atoms with van der Waals surface area (Å²) in [5.41, 5.74) is 2.03. The molecule has 2 aromatic carbocycles. The van der Waals surface area contributed by atoms with Crippen molar-refractivity contribution in [1.82, 2.24) is 5.32 Å². The topological polar surface area (TPSA) is 78.5 Å².